The van der Waals surface area contributed by atoms with E-state index in [0.717, 1.165) is 5.56 Å². The molecule has 31 heavy (non-hydrogen) atoms. The van der Waals surface area contributed by atoms with Crippen molar-refractivity contribution in [1.29, 1.82) is 0 Å². The zero-order valence-corrected chi connectivity index (χ0v) is 17.9. The summed E-state index contributed by atoms with van der Waals surface area (Å²) in [4.78, 5) is 25.1. The Bertz CT molecular complexity index is 1050. The Kier molecular flexibility index (Phi) is 7.73. The number of carbonyl (C=O) groups excluding carboxylic acids is 2. The van der Waals surface area contributed by atoms with Gasteiger partial charge in [-0.1, -0.05) is 42.5 Å². The fourth-order valence-electron chi connectivity index (χ4n) is 2.86. The number of anilines is 1. The molecule has 0 spiro atoms. The molecule has 0 radical (unpaired) electrons. The standard InChI is InChI=1S/C24H23N3O3S/c1-2-30-19-14-12-18(13-15-19)22(28)27-24(31)26-21-11-7-6-10-20(21)23(29)25-16-17-8-4-3-5-9-17/h3-15H,2,16H2,1H3,(H,25,29)(H2,26,27,28,31). The summed E-state index contributed by atoms with van der Waals surface area (Å²) >= 11 is 5.27. The highest BCUT2D eigenvalue weighted by atomic mass is 32.1. The SMILES string of the molecule is CCOc1ccc(C(=O)NC(=S)Nc2ccccc2C(=O)NCc2ccccc2)cc1. The third-order valence-corrected chi connectivity index (χ3v) is 4.57. The van der Waals surface area contributed by atoms with Gasteiger partial charge in [0.25, 0.3) is 11.8 Å². The predicted octanol–water partition coefficient (Wildman–Crippen LogP) is 4.14. The minimum atomic E-state index is -0.355. The third kappa shape index (κ3) is 6.38. The van der Waals surface area contributed by atoms with Crippen molar-refractivity contribution in [2.75, 3.05) is 11.9 Å². The van der Waals surface area contributed by atoms with E-state index in [0.29, 0.717) is 35.7 Å². The summed E-state index contributed by atoms with van der Waals surface area (Å²) in [6.45, 7) is 2.86. The first kappa shape index (κ1) is 22.0. The topological polar surface area (TPSA) is 79.5 Å². The Morgan fingerprint density at radius 3 is 2.26 bits per heavy atom. The molecule has 0 bridgehead atoms. The van der Waals surface area contributed by atoms with E-state index in [2.05, 4.69) is 16.0 Å². The highest BCUT2D eigenvalue weighted by Gasteiger charge is 2.13. The van der Waals surface area contributed by atoms with Gasteiger partial charge >= 0.3 is 0 Å². The van der Waals surface area contributed by atoms with Crippen molar-refractivity contribution < 1.29 is 14.3 Å². The maximum absolute atomic E-state index is 12.7. The molecule has 6 nitrogen and oxygen atoms in total. The first-order chi connectivity index (χ1) is 15.1. The Labute approximate surface area is 186 Å². The molecule has 0 fully saturated rings. The van der Waals surface area contributed by atoms with Gasteiger partial charge in [-0.3, -0.25) is 14.9 Å². The number of hydrogen-bond donors (Lipinski definition) is 3. The second kappa shape index (κ2) is 10.9. The van der Waals surface area contributed by atoms with Crippen LogP contribution < -0.4 is 20.7 Å². The molecule has 3 aromatic carbocycles. The molecule has 2 amide bonds. The van der Waals surface area contributed by atoms with E-state index in [1.54, 1.807) is 48.5 Å². The van der Waals surface area contributed by atoms with Gasteiger partial charge in [0, 0.05) is 12.1 Å². The van der Waals surface area contributed by atoms with Crippen LogP contribution in [0.25, 0.3) is 0 Å². The minimum Gasteiger partial charge on any atom is -0.494 e. The van der Waals surface area contributed by atoms with E-state index in [9.17, 15) is 9.59 Å². The highest BCUT2D eigenvalue weighted by molar-refractivity contribution is 7.80. The first-order valence-electron chi connectivity index (χ1n) is 9.83. The number of thiocarbonyl (C=S) groups is 1. The van der Waals surface area contributed by atoms with Gasteiger partial charge in [-0.25, -0.2) is 0 Å². The van der Waals surface area contributed by atoms with Crippen molar-refractivity contribution in [2.45, 2.75) is 13.5 Å². The lowest BCUT2D eigenvalue weighted by atomic mass is 10.1. The molecule has 0 aliphatic heterocycles. The number of hydrogen-bond acceptors (Lipinski definition) is 4. The average Bonchev–Trinajstić information content (AvgIpc) is 2.79. The van der Waals surface area contributed by atoms with Crippen LogP contribution >= 0.6 is 12.2 Å². The zero-order chi connectivity index (χ0) is 22.1. The number of amides is 2. The molecule has 0 saturated heterocycles. The Hall–Kier alpha value is -3.71. The molecule has 158 valence electrons. The van der Waals surface area contributed by atoms with Gasteiger partial charge in [-0.15, -0.1) is 0 Å². The van der Waals surface area contributed by atoms with Crippen LogP contribution in [0.1, 0.15) is 33.2 Å². The van der Waals surface area contributed by atoms with E-state index >= 15 is 0 Å². The van der Waals surface area contributed by atoms with Crippen molar-refractivity contribution in [2.24, 2.45) is 0 Å². The second-order valence-corrected chi connectivity index (χ2v) is 6.99. The van der Waals surface area contributed by atoms with Gasteiger partial charge in [0.1, 0.15) is 5.75 Å². The Balaban J connectivity index is 1.61. The summed E-state index contributed by atoms with van der Waals surface area (Å²) in [7, 11) is 0. The average molecular weight is 434 g/mol. The van der Waals surface area contributed by atoms with Crippen LogP contribution in [0.2, 0.25) is 0 Å². The summed E-state index contributed by atoms with van der Waals surface area (Å²) in [5.41, 5.74) is 2.38. The van der Waals surface area contributed by atoms with Gasteiger partial charge in [0.15, 0.2) is 5.11 Å². The lowest BCUT2D eigenvalue weighted by Crippen LogP contribution is -2.35. The maximum Gasteiger partial charge on any atom is 0.257 e. The molecule has 0 saturated carbocycles. The van der Waals surface area contributed by atoms with E-state index in [-0.39, 0.29) is 16.9 Å². The number of rotatable bonds is 7. The molecule has 3 rings (SSSR count). The molecule has 0 unspecified atom stereocenters. The fraction of sp³-hybridized carbons (Fsp3) is 0.125. The maximum atomic E-state index is 12.7. The van der Waals surface area contributed by atoms with Crippen molar-refractivity contribution >= 4 is 34.8 Å². The van der Waals surface area contributed by atoms with Crippen molar-refractivity contribution in [3.8, 4) is 5.75 Å². The number of para-hydroxylation sites is 1. The summed E-state index contributed by atoms with van der Waals surface area (Å²) in [6.07, 6.45) is 0. The second-order valence-electron chi connectivity index (χ2n) is 6.58. The number of nitrogens with one attached hydrogen (secondary N) is 3. The van der Waals surface area contributed by atoms with E-state index in [1.807, 2.05) is 37.3 Å². The van der Waals surface area contributed by atoms with E-state index < -0.39 is 0 Å². The molecule has 7 heteroatoms. The normalized spacial score (nSPS) is 10.1. The third-order valence-electron chi connectivity index (χ3n) is 4.37. The predicted molar refractivity (Wildman–Crippen MR) is 125 cm³/mol. The zero-order valence-electron chi connectivity index (χ0n) is 17.1. The summed E-state index contributed by atoms with van der Waals surface area (Å²) in [6, 6.07) is 23.4. The van der Waals surface area contributed by atoms with Crippen molar-refractivity contribution in [3.05, 3.63) is 95.6 Å². The minimum absolute atomic E-state index is 0.0993. The van der Waals surface area contributed by atoms with Gasteiger partial charge in [-0.05, 0) is 61.1 Å². The largest absolute Gasteiger partial charge is 0.494 e. The van der Waals surface area contributed by atoms with Gasteiger partial charge < -0.3 is 15.4 Å². The monoisotopic (exact) mass is 433 g/mol. The van der Waals surface area contributed by atoms with Crippen molar-refractivity contribution in [1.82, 2.24) is 10.6 Å². The van der Waals surface area contributed by atoms with Crippen LogP contribution in [0, 0.1) is 0 Å². The van der Waals surface area contributed by atoms with E-state index in [4.69, 9.17) is 17.0 Å². The van der Waals surface area contributed by atoms with Crippen LogP contribution in [0.3, 0.4) is 0 Å². The molecular weight excluding hydrogens is 410 g/mol. The highest BCUT2D eigenvalue weighted by Crippen LogP contribution is 2.16. The quantitative estimate of drug-likeness (QED) is 0.488. The van der Waals surface area contributed by atoms with Gasteiger partial charge in [0.05, 0.1) is 17.9 Å². The number of benzene rings is 3. The molecule has 0 aliphatic carbocycles. The Morgan fingerprint density at radius 1 is 0.871 bits per heavy atom. The van der Waals surface area contributed by atoms with Crippen LogP contribution in [0.15, 0.2) is 78.9 Å². The van der Waals surface area contributed by atoms with Crippen LogP contribution in [-0.2, 0) is 6.54 Å². The van der Waals surface area contributed by atoms with Crippen molar-refractivity contribution in [3.63, 3.8) is 0 Å². The van der Waals surface area contributed by atoms with Crippen LogP contribution in [-0.4, -0.2) is 23.5 Å². The van der Waals surface area contributed by atoms with Gasteiger partial charge in [-0.2, -0.15) is 0 Å². The number of ether oxygens (including phenoxy) is 1. The molecule has 0 aromatic heterocycles. The lowest BCUT2D eigenvalue weighted by molar-refractivity contribution is 0.0950. The first-order valence-corrected chi connectivity index (χ1v) is 10.2. The van der Waals surface area contributed by atoms with Crippen LogP contribution in [0.4, 0.5) is 5.69 Å². The molecule has 0 heterocycles. The number of carbonyl (C=O) groups is 2. The summed E-state index contributed by atoms with van der Waals surface area (Å²) in [5.74, 6) is 0.0920. The smallest absolute Gasteiger partial charge is 0.257 e. The Morgan fingerprint density at radius 2 is 1.55 bits per heavy atom. The summed E-state index contributed by atoms with van der Waals surface area (Å²) < 4.78 is 5.38. The molecule has 0 aliphatic rings. The fourth-order valence-corrected chi connectivity index (χ4v) is 3.06. The molecule has 3 aromatic rings. The summed E-state index contributed by atoms with van der Waals surface area (Å²) in [5, 5.41) is 8.55. The van der Waals surface area contributed by atoms with Crippen LogP contribution in [0.5, 0.6) is 5.75 Å². The lowest BCUT2D eigenvalue weighted by Gasteiger charge is -2.14. The molecule has 3 N–H and O–H groups in total. The van der Waals surface area contributed by atoms with Gasteiger partial charge in [0.2, 0.25) is 0 Å². The van der Waals surface area contributed by atoms with E-state index in [1.165, 1.54) is 0 Å². The molecule has 0 atom stereocenters. The molecular formula is C24H23N3O3S.